The first kappa shape index (κ1) is 13.2. The molecule has 1 N–H and O–H groups in total. The smallest absolute Gasteiger partial charge is 0.194 e. The summed E-state index contributed by atoms with van der Waals surface area (Å²) in [5.74, 6) is 1.89. The Hall–Kier alpha value is -1.75. The van der Waals surface area contributed by atoms with Crippen molar-refractivity contribution in [2.45, 2.75) is 13.0 Å². The van der Waals surface area contributed by atoms with E-state index in [1.165, 1.54) is 0 Å². The monoisotopic (exact) mass is 291 g/mol. The molecule has 5 nitrogen and oxygen atoms in total. The van der Waals surface area contributed by atoms with Crippen LogP contribution in [0.1, 0.15) is 12.2 Å². The Balaban J connectivity index is 1.83. The topological polar surface area (TPSA) is 45.4 Å². The SMILES string of the molecule is CN1CCCN=C1NCc1nc2cccc(Cl)c2n1C. The van der Waals surface area contributed by atoms with E-state index in [1.807, 2.05) is 29.8 Å². The number of benzene rings is 1. The molecule has 2 aromatic rings. The number of guanidine groups is 1. The molecule has 3 rings (SSSR count). The van der Waals surface area contributed by atoms with Crippen LogP contribution in [0.15, 0.2) is 23.2 Å². The van der Waals surface area contributed by atoms with Crippen molar-refractivity contribution in [2.24, 2.45) is 12.0 Å². The molecule has 1 aliphatic heterocycles. The normalized spacial score (nSPS) is 15.6. The average molecular weight is 292 g/mol. The Morgan fingerprint density at radius 2 is 2.20 bits per heavy atom. The lowest BCUT2D eigenvalue weighted by atomic mass is 10.3. The summed E-state index contributed by atoms with van der Waals surface area (Å²) < 4.78 is 2.04. The van der Waals surface area contributed by atoms with Crippen molar-refractivity contribution in [3.05, 3.63) is 29.0 Å². The molecule has 0 bridgehead atoms. The van der Waals surface area contributed by atoms with Gasteiger partial charge in [0.25, 0.3) is 0 Å². The molecule has 6 heteroatoms. The number of aryl methyl sites for hydroxylation is 1. The van der Waals surface area contributed by atoms with Gasteiger partial charge in [-0.3, -0.25) is 4.99 Å². The lowest BCUT2D eigenvalue weighted by molar-refractivity contribution is 0.444. The van der Waals surface area contributed by atoms with E-state index in [4.69, 9.17) is 11.6 Å². The number of nitrogens with one attached hydrogen (secondary N) is 1. The van der Waals surface area contributed by atoms with Gasteiger partial charge in [0, 0.05) is 27.2 Å². The van der Waals surface area contributed by atoms with Crippen molar-refractivity contribution in [3.8, 4) is 0 Å². The molecule has 0 amide bonds. The van der Waals surface area contributed by atoms with Gasteiger partial charge in [-0.1, -0.05) is 17.7 Å². The number of imidazole rings is 1. The second-order valence-electron chi connectivity index (χ2n) is 5.03. The zero-order valence-corrected chi connectivity index (χ0v) is 12.5. The van der Waals surface area contributed by atoms with Gasteiger partial charge in [0.2, 0.25) is 0 Å². The predicted molar refractivity (Wildman–Crippen MR) is 82.1 cm³/mol. The Morgan fingerprint density at radius 1 is 1.35 bits per heavy atom. The zero-order valence-electron chi connectivity index (χ0n) is 11.7. The van der Waals surface area contributed by atoms with Gasteiger partial charge in [0.1, 0.15) is 5.82 Å². The summed E-state index contributed by atoms with van der Waals surface area (Å²) in [5, 5.41) is 4.09. The average Bonchev–Trinajstić information content (AvgIpc) is 2.76. The molecule has 1 aliphatic rings. The Bertz CT molecular complexity index is 661. The molecule has 2 heterocycles. The highest BCUT2D eigenvalue weighted by molar-refractivity contribution is 6.35. The van der Waals surface area contributed by atoms with Crippen molar-refractivity contribution in [1.29, 1.82) is 0 Å². The van der Waals surface area contributed by atoms with Gasteiger partial charge in [-0.25, -0.2) is 4.98 Å². The number of halogens is 1. The van der Waals surface area contributed by atoms with E-state index >= 15 is 0 Å². The minimum absolute atomic E-state index is 0.644. The number of nitrogens with zero attached hydrogens (tertiary/aromatic N) is 4. The Labute approximate surface area is 123 Å². The lowest BCUT2D eigenvalue weighted by Crippen LogP contribution is -2.42. The summed E-state index contributed by atoms with van der Waals surface area (Å²) in [6, 6.07) is 5.80. The van der Waals surface area contributed by atoms with E-state index in [9.17, 15) is 0 Å². The van der Waals surface area contributed by atoms with E-state index in [2.05, 4.69) is 27.2 Å². The quantitative estimate of drug-likeness (QED) is 0.921. The fourth-order valence-electron chi connectivity index (χ4n) is 2.50. The van der Waals surface area contributed by atoms with Gasteiger partial charge >= 0.3 is 0 Å². The van der Waals surface area contributed by atoms with Crippen LogP contribution in [0.25, 0.3) is 11.0 Å². The van der Waals surface area contributed by atoms with Crippen LogP contribution in [0.5, 0.6) is 0 Å². The standard InChI is InChI=1S/C14H18ClN5/c1-19-8-4-7-16-14(19)17-9-12-18-11-6-3-5-10(15)13(11)20(12)2/h3,5-6H,4,7-9H2,1-2H3,(H,16,17). The molecule has 106 valence electrons. The minimum Gasteiger partial charge on any atom is -0.349 e. The van der Waals surface area contributed by atoms with Crippen molar-refractivity contribution in [1.82, 2.24) is 19.8 Å². The molecule has 0 atom stereocenters. The predicted octanol–water partition coefficient (Wildman–Crippen LogP) is 2.01. The van der Waals surface area contributed by atoms with Crippen LogP contribution < -0.4 is 5.32 Å². The molecule has 1 aromatic carbocycles. The first-order valence-electron chi connectivity index (χ1n) is 6.76. The largest absolute Gasteiger partial charge is 0.349 e. The van der Waals surface area contributed by atoms with Crippen LogP contribution in [0.4, 0.5) is 0 Å². The number of fused-ring (bicyclic) bond motifs is 1. The van der Waals surface area contributed by atoms with Gasteiger partial charge in [-0.05, 0) is 18.6 Å². The zero-order chi connectivity index (χ0) is 14.1. The fourth-order valence-corrected chi connectivity index (χ4v) is 2.79. The summed E-state index contributed by atoms with van der Waals surface area (Å²) in [7, 11) is 4.04. The van der Waals surface area contributed by atoms with Crippen LogP contribution in [-0.4, -0.2) is 40.5 Å². The maximum Gasteiger partial charge on any atom is 0.194 e. The third-order valence-corrected chi connectivity index (χ3v) is 3.92. The molecule has 1 aromatic heterocycles. The van der Waals surface area contributed by atoms with E-state index in [0.29, 0.717) is 6.54 Å². The first-order chi connectivity index (χ1) is 9.66. The van der Waals surface area contributed by atoms with E-state index in [0.717, 1.165) is 47.4 Å². The van der Waals surface area contributed by atoms with Gasteiger partial charge in [-0.15, -0.1) is 0 Å². The Morgan fingerprint density at radius 3 is 2.95 bits per heavy atom. The summed E-state index contributed by atoms with van der Waals surface area (Å²) in [6.07, 6.45) is 1.11. The summed E-state index contributed by atoms with van der Waals surface area (Å²) in [4.78, 5) is 11.3. The molecule has 0 fully saturated rings. The van der Waals surface area contributed by atoms with Crippen molar-refractivity contribution in [3.63, 3.8) is 0 Å². The third kappa shape index (κ3) is 2.33. The number of para-hydroxylation sites is 1. The number of hydrogen-bond acceptors (Lipinski definition) is 4. The van der Waals surface area contributed by atoms with Gasteiger partial charge in [-0.2, -0.15) is 0 Å². The summed E-state index contributed by atoms with van der Waals surface area (Å²) in [6.45, 7) is 2.58. The maximum absolute atomic E-state index is 6.23. The minimum atomic E-state index is 0.644. The molecule has 0 radical (unpaired) electrons. The maximum atomic E-state index is 6.23. The van der Waals surface area contributed by atoms with Gasteiger partial charge in [0.15, 0.2) is 5.96 Å². The van der Waals surface area contributed by atoms with Crippen molar-refractivity contribution in [2.75, 3.05) is 20.1 Å². The number of aromatic nitrogens is 2. The highest BCUT2D eigenvalue weighted by Gasteiger charge is 2.13. The number of rotatable bonds is 2. The highest BCUT2D eigenvalue weighted by Crippen LogP contribution is 2.23. The summed E-state index contributed by atoms with van der Waals surface area (Å²) in [5.41, 5.74) is 1.90. The van der Waals surface area contributed by atoms with Crippen LogP contribution in [0.2, 0.25) is 5.02 Å². The van der Waals surface area contributed by atoms with Gasteiger partial charge < -0.3 is 14.8 Å². The second-order valence-corrected chi connectivity index (χ2v) is 5.44. The highest BCUT2D eigenvalue weighted by atomic mass is 35.5. The number of hydrogen-bond donors (Lipinski definition) is 1. The van der Waals surface area contributed by atoms with Crippen LogP contribution in [-0.2, 0) is 13.6 Å². The Kier molecular flexibility index (Phi) is 3.53. The second kappa shape index (κ2) is 5.32. The van der Waals surface area contributed by atoms with E-state index in [1.54, 1.807) is 0 Å². The van der Waals surface area contributed by atoms with Crippen LogP contribution in [0.3, 0.4) is 0 Å². The molecule has 0 unspecified atom stereocenters. The van der Waals surface area contributed by atoms with Crippen molar-refractivity contribution < 1.29 is 0 Å². The van der Waals surface area contributed by atoms with E-state index in [-0.39, 0.29) is 0 Å². The molecule has 0 spiro atoms. The molecule has 20 heavy (non-hydrogen) atoms. The summed E-state index contributed by atoms with van der Waals surface area (Å²) >= 11 is 6.23. The molecule has 0 saturated heterocycles. The number of aliphatic imine (C=N–C) groups is 1. The molecular formula is C14H18ClN5. The molecule has 0 aliphatic carbocycles. The first-order valence-corrected chi connectivity index (χ1v) is 7.14. The van der Waals surface area contributed by atoms with Crippen molar-refractivity contribution >= 4 is 28.6 Å². The van der Waals surface area contributed by atoms with Crippen LogP contribution >= 0.6 is 11.6 Å². The molecule has 0 saturated carbocycles. The lowest BCUT2D eigenvalue weighted by Gasteiger charge is -2.25. The fraction of sp³-hybridized carbons (Fsp3) is 0.429. The van der Waals surface area contributed by atoms with Gasteiger partial charge in [0.05, 0.1) is 22.6 Å². The molecular weight excluding hydrogens is 274 g/mol. The van der Waals surface area contributed by atoms with E-state index < -0.39 is 0 Å². The van der Waals surface area contributed by atoms with Crippen LogP contribution in [0, 0.1) is 0 Å². The third-order valence-electron chi connectivity index (χ3n) is 3.62.